The smallest absolute Gasteiger partial charge is 0.264 e. The van der Waals surface area contributed by atoms with E-state index in [1.165, 1.54) is 0 Å². The molecule has 0 spiro atoms. The van der Waals surface area contributed by atoms with Gasteiger partial charge >= 0.3 is 0 Å². The molecule has 1 atom stereocenters. The minimum Gasteiger partial charge on any atom is -0.493 e. The third kappa shape index (κ3) is 5.95. The van der Waals surface area contributed by atoms with Crippen LogP contribution in [0.25, 0.3) is 0 Å². The minimum absolute atomic E-state index is 0.127. The Hall–Kier alpha value is -3.52. The predicted molar refractivity (Wildman–Crippen MR) is 138 cm³/mol. The summed E-state index contributed by atoms with van der Waals surface area (Å²) in [5.41, 5.74) is 4.15. The van der Waals surface area contributed by atoms with E-state index in [2.05, 4.69) is 5.32 Å². The standard InChI is InChI=1S/C27H32N2O5S/c1-18-7-12-24(13-8-18)35(31,32)29(23-11-9-19(2)20(3)15-23)17-27(30)28-21(4)22-10-14-25(33-5)26(16-22)34-6/h7-16,21H,17H2,1-6H3,(H,28,30)/t21-/m1/s1. The highest BCUT2D eigenvalue weighted by Crippen LogP contribution is 2.30. The van der Waals surface area contributed by atoms with Crippen LogP contribution in [0.3, 0.4) is 0 Å². The second kappa shape index (κ2) is 10.8. The fraction of sp³-hybridized carbons (Fsp3) is 0.296. The average molecular weight is 497 g/mol. The van der Waals surface area contributed by atoms with Crippen LogP contribution in [0, 0.1) is 20.8 Å². The summed E-state index contributed by atoms with van der Waals surface area (Å²) in [7, 11) is -0.882. The third-order valence-electron chi connectivity index (χ3n) is 5.96. The lowest BCUT2D eigenvalue weighted by Gasteiger charge is -2.26. The largest absolute Gasteiger partial charge is 0.493 e. The quantitative estimate of drug-likeness (QED) is 0.464. The molecule has 1 N–H and O–H groups in total. The molecule has 0 unspecified atom stereocenters. The number of hydrogen-bond acceptors (Lipinski definition) is 5. The molecular formula is C27H32N2O5S. The molecule has 0 heterocycles. The van der Waals surface area contributed by atoms with Gasteiger partial charge in [0, 0.05) is 0 Å². The highest BCUT2D eigenvalue weighted by Gasteiger charge is 2.28. The number of carbonyl (C=O) groups excluding carboxylic acids is 1. The van der Waals surface area contributed by atoms with E-state index in [0.29, 0.717) is 17.2 Å². The van der Waals surface area contributed by atoms with Gasteiger partial charge < -0.3 is 14.8 Å². The number of nitrogens with zero attached hydrogens (tertiary/aromatic N) is 1. The van der Waals surface area contributed by atoms with Crippen molar-refractivity contribution in [1.29, 1.82) is 0 Å². The summed E-state index contributed by atoms with van der Waals surface area (Å²) in [6.07, 6.45) is 0. The van der Waals surface area contributed by atoms with Crippen LogP contribution < -0.4 is 19.1 Å². The number of carbonyl (C=O) groups is 1. The molecule has 0 bridgehead atoms. The highest BCUT2D eigenvalue weighted by atomic mass is 32.2. The maximum Gasteiger partial charge on any atom is 0.264 e. The van der Waals surface area contributed by atoms with Gasteiger partial charge in [0.2, 0.25) is 5.91 Å². The first-order valence-corrected chi connectivity index (χ1v) is 12.7. The van der Waals surface area contributed by atoms with Crippen molar-refractivity contribution in [2.24, 2.45) is 0 Å². The Kier molecular flexibility index (Phi) is 8.07. The zero-order valence-corrected chi connectivity index (χ0v) is 21.8. The molecular weight excluding hydrogens is 464 g/mol. The van der Waals surface area contributed by atoms with Crippen LogP contribution in [0.2, 0.25) is 0 Å². The molecule has 7 nitrogen and oxygen atoms in total. The molecule has 0 radical (unpaired) electrons. The van der Waals surface area contributed by atoms with E-state index in [4.69, 9.17) is 9.47 Å². The van der Waals surface area contributed by atoms with E-state index in [-0.39, 0.29) is 17.5 Å². The monoisotopic (exact) mass is 496 g/mol. The normalized spacial score (nSPS) is 12.1. The molecule has 35 heavy (non-hydrogen) atoms. The summed E-state index contributed by atoms with van der Waals surface area (Å²) in [5.74, 6) is 0.700. The zero-order chi connectivity index (χ0) is 25.8. The van der Waals surface area contributed by atoms with Crippen molar-refractivity contribution < 1.29 is 22.7 Å². The molecule has 8 heteroatoms. The Morgan fingerprint density at radius 1 is 0.886 bits per heavy atom. The number of nitrogens with one attached hydrogen (secondary N) is 1. The van der Waals surface area contributed by atoms with Gasteiger partial charge in [-0.25, -0.2) is 8.42 Å². The van der Waals surface area contributed by atoms with Crippen LogP contribution in [-0.2, 0) is 14.8 Å². The average Bonchev–Trinajstić information content (AvgIpc) is 2.84. The van der Waals surface area contributed by atoms with Crippen molar-refractivity contribution in [1.82, 2.24) is 5.32 Å². The lowest BCUT2D eigenvalue weighted by atomic mass is 10.1. The van der Waals surface area contributed by atoms with Gasteiger partial charge in [0.25, 0.3) is 10.0 Å². The van der Waals surface area contributed by atoms with E-state index in [1.54, 1.807) is 62.8 Å². The van der Waals surface area contributed by atoms with E-state index in [9.17, 15) is 13.2 Å². The molecule has 1 amide bonds. The van der Waals surface area contributed by atoms with Gasteiger partial charge in [0.15, 0.2) is 11.5 Å². The first-order chi connectivity index (χ1) is 16.6. The van der Waals surface area contributed by atoms with Gasteiger partial charge in [0.05, 0.1) is 30.8 Å². The number of methoxy groups -OCH3 is 2. The number of amides is 1. The van der Waals surface area contributed by atoms with Gasteiger partial charge in [-0.1, -0.05) is 29.8 Å². The van der Waals surface area contributed by atoms with Crippen molar-refractivity contribution in [3.8, 4) is 11.5 Å². The van der Waals surface area contributed by atoms with Crippen molar-refractivity contribution in [3.05, 3.63) is 82.9 Å². The molecule has 0 aromatic heterocycles. The van der Waals surface area contributed by atoms with Gasteiger partial charge in [-0.2, -0.15) is 0 Å². The molecule has 0 saturated heterocycles. The number of ether oxygens (including phenoxy) is 2. The highest BCUT2D eigenvalue weighted by molar-refractivity contribution is 7.92. The number of rotatable bonds is 9. The molecule has 0 fully saturated rings. The Balaban J connectivity index is 1.90. The van der Waals surface area contributed by atoms with E-state index in [1.807, 2.05) is 39.8 Å². The maximum absolute atomic E-state index is 13.6. The topological polar surface area (TPSA) is 84.9 Å². The summed E-state index contributed by atoms with van der Waals surface area (Å²) in [6, 6.07) is 17.0. The van der Waals surface area contributed by atoms with Crippen LogP contribution in [0.4, 0.5) is 5.69 Å². The lowest BCUT2D eigenvalue weighted by Crippen LogP contribution is -2.41. The Morgan fingerprint density at radius 2 is 1.54 bits per heavy atom. The van der Waals surface area contributed by atoms with Crippen LogP contribution in [0.15, 0.2) is 65.6 Å². The van der Waals surface area contributed by atoms with E-state index < -0.39 is 15.9 Å². The van der Waals surface area contributed by atoms with Crippen molar-refractivity contribution in [2.45, 2.75) is 38.6 Å². The second-order valence-corrected chi connectivity index (χ2v) is 10.4. The molecule has 0 saturated carbocycles. The molecule has 0 aliphatic heterocycles. The fourth-order valence-corrected chi connectivity index (χ4v) is 5.07. The summed E-state index contributed by atoms with van der Waals surface area (Å²) in [6.45, 7) is 7.22. The number of aryl methyl sites for hydroxylation is 3. The number of anilines is 1. The van der Waals surface area contributed by atoms with Gasteiger partial charge in [0.1, 0.15) is 6.54 Å². The van der Waals surface area contributed by atoms with Crippen molar-refractivity contribution in [2.75, 3.05) is 25.1 Å². The summed E-state index contributed by atoms with van der Waals surface area (Å²) in [4.78, 5) is 13.2. The Morgan fingerprint density at radius 3 is 2.14 bits per heavy atom. The van der Waals surface area contributed by atoms with Crippen LogP contribution in [0.1, 0.15) is 35.2 Å². The van der Waals surface area contributed by atoms with Gasteiger partial charge in [-0.15, -0.1) is 0 Å². The predicted octanol–water partition coefficient (Wildman–Crippen LogP) is 4.70. The van der Waals surface area contributed by atoms with Crippen LogP contribution in [0.5, 0.6) is 11.5 Å². The maximum atomic E-state index is 13.6. The Labute approximate surface area is 207 Å². The first kappa shape index (κ1) is 26.1. The summed E-state index contributed by atoms with van der Waals surface area (Å²) in [5, 5.41) is 2.90. The Bertz CT molecular complexity index is 1300. The van der Waals surface area contributed by atoms with Gasteiger partial charge in [-0.3, -0.25) is 9.10 Å². The molecule has 0 aliphatic carbocycles. The number of sulfonamides is 1. The fourth-order valence-electron chi connectivity index (χ4n) is 3.66. The SMILES string of the molecule is COc1ccc([C@@H](C)NC(=O)CN(c2ccc(C)c(C)c2)S(=O)(=O)c2ccc(C)cc2)cc1OC. The minimum atomic E-state index is -3.98. The number of hydrogen-bond donors (Lipinski definition) is 1. The molecule has 3 rings (SSSR count). The lowest BCUT2D eigenvalue weighted by molar-refractivity contribution is -0.120. The summed E-state index contributed by atoms with van der Waals surface area (Å²) < 4.78 is 39.0. The summed E-state index contributed by atoms with van der Waals surface area (Å²) >= 11 is 0. The second-order valence-electron chi connectivity index (χ2n) is 8.50. The van der Waals surface area contributed by atoms with E-state index in [0.717, 1.165) is 26.6 Å². The first-order valence-electron chi connectivity index (χ1n) is 11.2. The molecule has 186 valence electrons. The van der Waals surface area contributed by atoms with E-state index >= 15 is 0 Å². The van der Waals surface area contributed by atoms with Crippen molar-refractivity contribution in [3.63, 3.8) is 0 Å². The van der Waals surface area contributed by atoms with Crippen LogP contribution >= 0.6 is 0 Å². The van der Waals surface area contributed by atoms with Gasteiger partial charge in [-0.05, 0) is 80.8 Å². The molecule has 0 aliphatic rings. The number of benzene rings is 3. The van der Waals surface area contributed by atoms with Crippen LogP contribution in [-0.4, -0.2) is 35.1 Å². The molecule has 3 aromatic rings. The third-order valence-corrected chi connectivity index (χ3v) is 7.75. The van der Waals surface area contributed by atoms with Crippen molar-refractivity contribution >= 4 is 21.6 Å². The molecule has 3 aromatic carbocycles. The zero-order valence-electron chi connectivity index (χ0n) is 21.0.